The van der Waals surface area contributed by atoms with E-state index in [-0.39, 0.29) is 6.04 Å². The number of aliphatic hydroxyl groups is 1. The van der Waals surface area contributed by atoms with Gasteiger partial charge in [0.2, 0.25) is 0 Å². The number of benzene rings is 2. The van der Waals surface area contributed by atoms with Gasteiger partial charge in [-0.25, -0.2) is 0 Å². The summed E-state index contributed by atoms with van der Waals surface area (Å²) in [6, 6.07) is 17.2. The predicted molar refractivity (Wildman–Crippen MR) is 117 cm³/mol. The van der Waals surface area contributed by atoms with Gasteiger partial charge in [-0.3, -0.25) is 4.90 Å². The topological polar surface area (TPSA) is 35.5 Å². The van der Waals surface area contributed by atoms with Gasteiger partial charge in [0.15, 0.2) is 0 Å². The molecule has 1 aliphatic heterocycles. The lowest BCUT2D eigenvalue weighted by Gasteiger charge is -2.41. The van der Waals surface area contributed by atoms with Crippen LogP contribution in [0.2, 0.25) is 5.02 Å². The lowest BCUT2D eigenvalue weighted by molar-refractivity contribution is -0.0296. The fourth-order valence-corrected chi connectivity index (χ4v) is 4.98. The van der Waals surface area contributed by atoms with Gasteiger partial charge in [-0.15, -0.1) is 0 Å². The third-order valence-corrected chi connectivity index (χ3v) is 6.64. The molecule has 1 saturated heterocycles. The largest absolute Gasteiger partial charge is 0.390 e. The second-order valence-corrected chi connectivity index (χ2v) is 8.86. The molecule has 4 rings (SSSR count). The van der Waals surface area contributed by atoms with Crippen molar-refractivity contribution >= 4 is 11.6 Å². The molecule has 1 saturated carbocycles. The van der Waals surface area contributed by atoms with Crippen LogP contribution in [0.15, 0.2) is 48.5 Å². The molecule has 1 aliphatic carbocycles. The summed E-state index contributed by atoms with van der Waals surface area (Å²) < 4.78 is 0. The fourth-order valence-electron chi connectivity index (χ4n) is 4.79. The fraction of sp³-hybridized carbons (Fsp3) is 0.500. The van der Waals surface area contributed by atoms with Crippen molar-refractivity contribution in [3.8, 4) is 11.1 Å². The molecular formula is C24H31ClN2O. The summed E-state index contributed by atoms with van der Waals surface area (Å²) in [4.78, 5) is 2.55. The molecule has 3 nitrogen and oxygen atoms in total. The number of nitrogens with one attached hydrogen (secondary N) is 1. The van der Waals surface area contributed by atoms with Crippen LogP contribution in [-0.4, -0.2) is 41.8 Å². The molecule has 2 fully saturated rings. The van der Waals surface area contributed by atoms with E-state index in [2.05, 4.69) is 40.5 Å². The number of rotatable bonds is 5. The maximum absolute atomic E-state index is 11.2. The quantitative estimate of drug-likeness (QED) is 0.740. The molecule has 0 aromatic heterocycles. The third kappa shape index (κ3) is 4.77. The molecule has 1 atom stereocenters. The Balaban J connectivity index is 1.58. The van der Waals surface area contributed by atoms with Gasteiger partial charge in [0.25, 0.3) is 0 Å². The minimum absolute atomic E-state index is 0.276. The van der Waals surface area contributed by atoms with E-state index in [9.17, 15) is 5.11 Å². The van der Waals surface area contributed by atoms with Crippen molar-refractivity contribution in [2.75, 3.05) is 26.2 Å². The maximum atomic E-state index is 11.2. The summed E-state index contributed by atoms with van der Waals surface area (Å²) in [5, 5.41) is 15.5. The van der Waals surface area contributed by atoms with Crippen molar-refractivity contribution in [2.24, 2.45) is 0 Å². The van der Waals surface area contributed by atoms with E-state index >= 15 is 0 Å². The van der Waals surface area contributed by atoms with Gasteiger partial charge in [-0.2, -0.15) is 0 Å². The molecule has 2 N–H and O–H groups in total. The second kappa shape index (κ2) is 8.96. The van der Waals surface area contributed by atoms with E-state index in [1.807, 2.05) is 18.2 Å². The molecule has 0 amide bonds. The van der Waals surface area contributed by atoms with E-state index in [4.69, 9.17) is 11.6 Å². The van der Waals surface area contributed by atoms with Gasteiger partial charge >= 0.3 is 0 Å². The summed E-state index contributed by atoms with van der Waals surface area (Å²) in [5.41, 5.74) is 3.12. The molecule has 0 unspecified atom stereocenters. The molecule has 2 aliphatic rings. The first-order valence-electron chi connectivity index (χ1n) is 10.7. The Kier molecular flexibility index (Phi) is 6.37. The average molecular weight is 399 g/mol. The van der Waals surface area contributed by atoms with E-state index in [0.717, 1.165) is 68.9 Å². The van der Waals surface area contributed by atoms with Crippen LogP contribution in [0.5, 0.6) is 0 Å². The number of nitrogens with zero attached hydrogens (tertiary/aromatic N) is 1. The lowest BCUT2D eigenvalue weighted by atomic mass is 9.78. The highest BCUT2D eigenvalue weighted by Crippen LogP contribution is 2.38. The molecular weight excluding hydrogens is 368 g/mol. The van der Waals surface area contributed by atoms with E-state index < -0.39 is 5.60 Å². The molecule has 1 heterocycles. The molecule has 2 aromatic rings. The zero-order valence-corrected chi connectivity index (χ0v) is 17.3. The van der Waals surface area contributed by atoms with Crippen LogP contribution >= 0.6 is 11.6 Å². The Bertz CT molecular complexity index is 764. The third-order valence-electron chi connectivity index (χ3n) is 6.40. The highest BCUT2D eigenvalue weighted by atomic mass is 35.5. The monoisotopic (exact) mass is 398 g/mol. The Morgan fingerprint density at radius 2 is 1.68 bits per heavy atom. The minimum atomic E-state index is -0.514. The van der Waals surface area contributed by atoms with E-state index in [1.165, 1.54) is 17.5 Å². The van der Waals surface area contributed by atoms with Crippen LogP contribution in [0.1, 0.15) is 50.1 Å². The Morgan fingerprint density at radius 1 is 0.964 bits per heavy atom. The summed E-state index contributed by atoms with van der Waals surface area (Å²) in [6.07, 6.45) is 6.28. The molecule has 150 valence electrons. The molecule has 0 bridgehead atoms. The van der Waals surface area contributed by atoms with Gasteiger partial charge in [0.05, 0.1) is 5.60 Å². The second-order valence-electron chi connectivity index (χ2n) is 8.42. The zero-order chi connectivity index (χ0) is 19.4. The first kappa shape index (κ1) is 19.9. The van der Waals surface area contributed by atoms with Crippen LogP contribution in [-0.2, 0) is 0 Å². The summed E-state index contributed by atoms with van der Waals surface area (Å²) >= 11 is 6.16. The van der Waals surface area contributed by atoms with E-state index in [1.54, 1.807) is 0 Å². The summed E-state index contributed by atoms with van der Waals surface area (Å²) in [7, 11) is 0. The van der Waals surface area contributed by atoms with Crippen LogP contribution in [0.25, 0.3) is 11.1 Å². The molecule has 0 radical (unpaired) electrons. The number of hydrogen-bond acceptors (Lipinski definition) is 3. The van der Waals surface area contributed by atoms with Gasteiger partial charge in [-0.1, -0.05) is 67.3 Å². The minimum Gasteiger partial charge on any atom is -0.390 e. The summed E-state index contributed by atoms with van der Waals surface area (Å²) in [6.45, 7) is 4.12. The molecule has 2 aromatic carbocycles. The Labute approximate surface area is 173 Å². The van der Waals surface area contributed by atoms with Crippen molar-refractivity contribution < 1.29 is 5.11 Å². The highest BCUT2D eigenvalue weighted by Gasteiger charge is 2.35. The zero-order valence-electron chi connectivity index (χ0n) is 16.5. The van der Waals surface area contributed by atoms with Gasteiger partial charge < -0.3 is 10.4 Å². The maximum Gasteiger partial charge on any atom is 0.0666 e. The number of halogens is 1. The van der Waals surface area contributed by atoms with Crippen molar-refractivity contribution in [2.45, 2.75) is 50.2 Å². The standard InChI is InChI=1S/C24H31ClN2O/c25-22-6-4-5-21(17-22)19-7-9-20(10-8-19)23(27-15-13-26-14-16-27)18-24(28)11-2-1-3-12-24/h4-10,17,23,26,28H,1-3,11-16,18H2/t23-/m1/s1. The molecule has 4 heteroatoms. The molecule has 0 spiro atoms. The first-order chi connectivity index (χ1) is 13.6. The average Bonchev–Trinajstić information content (AvgIpc) is 2.73. The number of hydrogen-bond donors (Lipinski definition) is 2. The Morgan fingerprint density at radius 3 is 2.36 bits per heavy atom. The lowest BCUT2D eigenvalue weighted by Crippen LogP contribution is -2.47. The summed E-state index contributed by atoms with van der Waals surface area (Å²) in [5.74, 6) is 0. The van der Waals surface area contributed by atoms with Crippen LogP contribution < -0.4 is 5.32 Å². The van der Waals surface area contributed by atoms with Crippen molar-refractivity contribution in [1.82, 2.24) is 10.2 Å². The smallest absolute Gasteiger partial charge is 0.0666 e. The highest BCUT2D eigenvalue weighted by molar-refractivity contribution is 6.30. The SMILES string of the molecule is OC1(C[C@H](c2ccc(-c3cccc(Cl)c3)cc2)N2CCNCC2)CCCCC1. The molecule has 28 heavy (non-hydrogen) atoms. The van der Waals surface area contributed by atoms with Gasteiger partial charge in [0, 0.05) is 37.2 Å². The van der Waals surface area contributed by atoms with Crippen LogP contribution in [0.4, 0.5) is 0 Å². The normalized spacial score (nSPS) is 21.4. The van der Waals surface area contributed by atoms with Crippen molar-refractivity contribution in [3.05, 3.63) is 59.1 Å². The number of piperazine rings is 1. The first-order valence-corrected chi connectivity index (χ1v) is 11.0. The Hall–Kier alpha value is -1.39. The van der Waals surface area contributed by atoms with Gasteiger partial charge in [0.1, 0.15) is 0 Å². The predicted octanol–water partition coefficient (Wildman–Crippen LogP) is 5.04. The van der Waals surface area contributed by atoms with E-state index in [0.29, 0.717) is 0 Å². The van der Waals surface area contributed by atoms with Gasteiger partial charge in [-0.05, 0) is 48.1 Å². The van der Waals surface area contributed by atoms with Crippen molar-refractivity contribution in [1.29, 1.82) is 0 Å². The van der Waals surface area contributed by atoms with Crippen LogP contribution in [0, 0.1) is 0 Å². The van der Waals surface area contributed by atoms with Crippen molar-refractivity contribution in [3.63, 3.8) is 0 Å². The van der Waals surface area contributed by atoms with Crippen LogP contribution in [0.3, 0.4) is 0 Å².